The highest BCUT2D eigenvalue weighted by Crippen LogP contribution is 2.28. The molecule has 0 spiro atoms. The molecule has 15 heavy (non-hydrogen) atoms. The summed E-state index contributed by atoms with van der Waals surface area (Å²) in [5.41, 5.74) is 0. The molecule has 2 heteroatoms. The van der Waals surface area contributed by atoms with Gasteiger partial charge in [0.2, 0.25) is 0 Å². The van der Waals surface area contributed by atoms with Gasteiger partial charge in [-0.1, -0.05) is 26.2 Å². The number of methoxy groups -OCH3 is 1. The number of hydrogen-bond acceptors (Lipinski definition) is 2. The Balaban J connectivity index is 2.07. The smallest absolute Gasteiger partial charge is 0.0600 e. The quantitative estimate of drug-likeness (QED) is 0.656. The third-order valence-corrected chi connectivity index (χ3v) is 3.54. The SMILES string of the molecule is CCCCNCC[C@@H]1CCCC[C@H]1OC. The van der Waals surface area contributed by atoms with Crippen LogP contribution in [0.2, 0.25) is 0 Å². The molecule has 0 aromatic carbocycles. The zero-order valence-corrected chi connectivity index (χ0v) is 10.4. The molecule has 0 unspecified atom stereocenters. The highest BCUT2D eigenvalue weighted by atomic mass is 16.5. The lowest BCUT2D eigenvalue weighted by molar-refractivity contribution is 0.0206. The lowest BCUT2D eigenvalue weighted by atomic mass is 9.84. The van der Waals surface area contributed by atoms with E-state index in [2.05, 4.69) is 12.2 Å². The summed E-state index contributed by atoms with van der Waals surface area (Å²) in [6.07, 6.45) is 9.83. The highest BCUT2D eigenvalue weighted by molar-refractivity contribution is 4.76. The average Bonchev–Trinajstić information content (AvgIpc) is 2.29. The molecular weight excluding hydrogens is 186 g/mol. The summed E-state index contributed by atoms with van der Waals surface area (Å²) in [7, 11) is 1.87. The van der Waals surface area contributed by atoms with Gasteiger partial charge in [0.25, 0.3) is 0 Å². The topological polar surface area (TPSA) is 21.3 Å². The van der Waals surface area contributed by atoms with Gasteiger partial charge in [-0.25, -0.2) is 0 Å². The molecule has 0 aromatic rings. The van der Waals surface area contributed by atoms with Gasteiger partial charge in [0, 0.05) is 7.11 Å². The molecule has 0 heterocycles. The van der Waals surface area contributed by atoms with Crippen molar-refractivity contribution < 1.29 is 4.74 Å². The van der Waals surface area contributed by atoms with Crippen LogP contribution in [0.5, 0.6) is 0 Å². The van der Waals surface area contributed by atoms with Gasteiger partial charge in [-0.15, -0.1) is 0 Å². The summed E-state index contributed by atoms with van der Waals surface area (Å²) in [5.74, 6) is 0.804. The van der Waals surface area contributed by atoms with E-state index in [1.165, 1.54) is 58.0 Å². The fourth-order valence-electron chi connectivity index (χ4n) is 2.53. The van der Waals surface area contributed by atoms with Crippen LogP contribution in [0.15, 0.2) is 0 Å². The van der Waals surface area contributed by atoms with Crippen molar-refractivity contribution in [2.75, 3.05) is 20.2 Å². The molecule has 0 bridgehead atoms. The second kappa shape index (κ2) is 8.12. The molecule has 1 aliphatic rings. The zero-order chi connectivity index (χ0) is 10.9. The zero-order valence-electron chi connectivity index (χ0n) is 10.4. The summed E-state index contributed by atoms with van der Waals surface area (Å²) in [4.78, 5) is 0. The van der Waals surface area contributed by atoms with Crippen LogP contribution in [0.4, 0.5) is 0 Å². The molecule has 90 valence electrons. The Morgan fingerprint density at radius 1 is 1.20 bits per heavy atom. The van der Waals surface area contributed by atoms with E-state index in [4.69, 9.17) is 4.74 Å². The lowest BCUT2D eigenvalue weighted by Gasteiger charge is -2.30. The van der Waals surface area contributed by atoms with Gasteiger partial charge in [0.1, 0.15) is 0 Å². The van der Waals surface area contributed by atoms with E-state index in [1.807, 2.05) is 7.11 Å². The monoisotopic (exact) mass is 213 g/mol. The van der Waals surface area contributed by atoms with E-state index in [1.54, 1.807) is 0 Å². The highest BCUT2D eigenvalue weighted by Gasteiger charge is 2.23. The molecule has 0 saturated heterocycles. The van der Waals surface area contributed by atoms with Crippen molar-refractivity contribution in [3.63, 3.8) is 0 Å². The fraction of sp³-hybridized carbons (Fsp3) is 1.00. The molecule has 1 aliphatic carbocycles. The summed E-state index contributed by atoms with van der Waals surface area (Å²) < 4.78 is 5.55. The van der Waals surface area contributed by atoms with Gasteiger partial charge < -0.3 is 10.1 Å². The van der Waals surface area contributed by atoms with Gasteiger partial charge in [-0.05, 0) is 44.7 Å². The van der Waals surface area contributed by atoms with Gasteiger partial charge >= 0.3 is 0 Å². The minimum absolute atomic E-state index is 0.534. The van der Waals surface area contributed by atoms with Crippen LogP contribution in [-0.2, 0) is 4.74 Å². The Bertz CT molecular complexity index is 149. The number of hydrogen-bond donors (Lipinski definition) is 1. The predicted molar refractivity (Wildman–Crippen MR) is 65.1 cm³/mol. The van der Waals surface area contributed by atoms with E-state index < -0.39 is 0 Å². The van der Waals surface area contributed by atoms with E-state index in [9.17, 15) is 0 Å². The van der Waals surface area contributed by atoms with Crippen molar-refractivity contribution in [1.29, 1.82) is 0 Å². The van der Waals surface area contributed by atoms with Crippen LogP contribution in [0, 0.1) is 5.92 Å². The average molecular weight is 213 g/mol. The summed E-state index contributed by atoms with van der Waals surface area (Å²) in [6, 6.07) is 0. The first-order valence-electron chi connectivity index (χ1n) is 6.62. The minimum atomic E-state index is 0.534. The fourth-order valence-corrected chi connectivity index (χ4v) is 2.53. The van der Waals surface area contributed by atoms with Gasteiger partial charge in [-0.2, -0.15) is 0 Å². The number of nitrogens with one attached hydrogen (secondary N) is 1. The van der Waals surface area contributed by atoms with Crippen molar-refractivity contribution in [3.05, 3.63) is 0 Å². The van der Waals surface area contributed by atoms with Crippen molar-refractivity contribution in [1.82, 2.24) is 5.32 Å². The third kappa shape index (κ3) is 4.98. The van der Waals surface area contributed by atoms with Crippen LogP contribution in [0.3, 0.4) is 0 Å². The van der Waals surface area contributed by atoms with Crippen molar-refractivity contribution in [2.45, 2.75) is 58.0 Å². The molecule has 1 saturated carbocycles. The minimum Gasteiger partial charge on any atom is -0.381 e. The summed E-state index contributed by atoms with van der Waals surface area (Å²) >= 11 is 0. The summed E-state index contributed by atoms with van der Waals surface area (Å²) in [6.45, 7) is 4.59. The number of rotatable bonds is 7. The van der Waals surface area contributed by atoms with Gasteiger partial charge in [0.05, 0.1) is 6.10 Å². The molecule has 0 aromatic heterocycles. The maximum Gasteiger partial charge on any atom is 0.0600 e. The first-order chi connectivity index (χ1) is 7.38. The molecule has 0 aliphatic heterocycles. The van der Waals surface area contributed by atoms with Gasteiger partial charge in [0.15, 0.2) is 0 Å². The standard InChI is InChI=1S/C13H27NO/c1-3-4-10-14-11-9-12-7-5-6-8-13(12)15-2/h12-14H,3-11H2,1-2H3/t12-,13+/m0/s1. The lowest BCUT2D eigenvalue weighted by Crippen LogP contribution is -2.30. The molecule has 2 nitrogen and oxygen atoms in total. The molecule has 1 N–H and O–H groups in total. The Morgan fingerprint density at radius 3 is 2.73 bits per heavy atom. The van der Waals surface area contributed by atoms with Crippen molar-refractivity contribution in [2.24, 2.45) is 5.92 Å². The first kappa shape index (κ1) is 13.0. The molecule has 0 amide bonds. The second-order valence-electron chi connectivity index (χ2n) is 4.71. The first-order valence-corrected chi connectivity index (χ1v) is 6.62. The Hall–Kier alpha value is -0.0800. The molecule has 2 atom stereocenters. The second-order valence-corrected chi connectivity index (χ2v) is 4.71. The molecule has 1 fully saturated rings. The van der Waals surface area contributed by atoms with Crippen molar-refractivity contribution >= 4 is 0 Å². The molecular formula is C13H27NO. The number of ether oxygens (including phenoxy) is 1. The Morgan fingerprint density at radius 2 is 2.00 bits per heavy atom. The predicted octanol–water partition coefficient (Wildman–Crippen LogP) is 2.97. The normalized spacial score (nSPS) is 26.8. The van der Waals surface area contributed by atoms with E-state index >= 15 is 0 Å². The largest absolute Gasteiger partial charge is 0.381 e. The number of unbranched alkanes of at least 4 members (excludes halogenated alkanes) is 1. The van der Waals surface area contributed by atoms with Crippen LogP contribution >= 0.6 is 0 Å². The van der Waals surface area contributed by atoms with Crippen LogP contribution in [0.25, 0.3) is 0 Å². The van der Waals surface area contributed by atoms with Crippen LogP contribution in [-0.4, -0.2) is 26.3 Å². The summed E-state index contributed by atoms with van der Waals surface area (Å²) in [5, 5.41) is 3.52. The van der Waals surface area contributed by atoms with Crippen molar-refractivity contribution in [3.8, 4) is 0 Å². The van der Waals surface area contributed by atoms with E-state index in [-0.39, 0.29) is 0 Å². The molecule has 1 rings (SSSR count). The third-order valence-electron chi connectivity index (χ3n) is 3.54. The van der Waals surface area contributed by atoms with Gasteiger partial charge in [-0.3, -0.25) is 0 Å². The molecule has 0 radical (unpaired) electrons. The van der Waals surface area contributed by atoms with Crippen LogP contribution in [0.1, 0.15) is 51.9 Å². The Kier molecular flexibility index (Phi) is 7.03. The van der Waals surface area contributed by atoms with Crippen LogP contribution < -0.4 is 5.32 Å². The maximum atomic E-state index is 5.55. The Labute approximate surface area is 94.8 Å². The maximum absolute atomic E-state index is 5.55. The van der Waals surface area contributed by atoms with E-state index in [0.29, 0.717) is 6.10 Å². The van der Waals surface area contributed by atoms with E-state index in [0.717, 1.165) is 5.92 Å².